The molecule has 1 aliphatic heterocycles. The minimum atomic E-state index is -2.04. The molecular formula is C53H84B2Cl3N. The molecule has 0 radical (unpaired) electrons. The lowest BCUT2D eigenvalue weighted by Gasteiger charge is -2.42. The third-order valence-electron chi connectivity index (χ3n) is 13.8. The summed E-state index contributed by atoms with van der Waals surface area (Å²) >= 11 is 15.8. The average molecular weight is 863 g/mol. The summed E-state index contributed by atoms with van der Waals surface area (Å²) in [4.78, 5) is 0. The highest BCUT2D eigenvalue weighted by atomic mass is 35.6. The molecule has 1 heterocycles. The number of nitrogens with zero attached hydrogens (tertiary/aromatic N) is 1. The Morgan fingerprint density at radius 3 is 1.14 bits per heavy atom. The zero-order valence-electron chi connectivity index (χ0n) is 39.8. The van der Waals surface area contributed by atoms with Crippen molar-refractivity contribution in [3.05, 3.63) is 76.9 Å². The Hall–Kier alpha value is -1.67. The van der Waals surface area contributed by atoms with Crippen molar-refractivity contribution in [1.29, 1.82) is 0 Å². The fourth-order valence-electron chi connectivity index (χ4n) is 10.7. The molecule has 0 atom stereocenters. The van der Waals surface area contributed by atoms with E-state index < -0.39 is 10.1 Å². The summed E-state index contributed by atoms with van der Waals surface area (Å²) in [6.45, 7) is 27.5. The summed E-state index contributed by atoms with van der Waals surface area (Å²) < 4.78 is 0.416. The standard InChI is InChI=1S/C43H60B2Cl3N.2C5H12/c1-29(2)35-22-15-23-36(30(3)4)41(35)39-26-17-27-40(42-37(31(5)6)24-16-25-38(42)32(7)8)43(39)49-28-44(48-45(49,46)47,33-18-11-9-12-19-33)34-20-13-10-14-21-34;2*1-3-5-4-2/h15-17,22-34H,9-14,18-21H2,1-8H3;2*3-5H2,1-2H3. The van der Waals surface area contributed by atoms with Crippen LogP contribution >= 0.6 is 22.9 Å². The molecule has 0 aromatic heterocycles. The normalized spacial score (nSPS) is 18.2. The van der Waals surface area contributed by atoms with E-state index in [2.05, 4.69) is 159 Å². The van der Waals surface area contributed by atoms with Crippen LogP contribution < -0.4 is 0 Å². The molecular weight excluding hydrogens is 779 g/mol. The fourth-order valence-corrected chi connectivity index (χ4v) is 13.9. The third kappa shape index (κ3) is 12.1. The molecule has 0 bridgehead atoms. The van der Waals surface area contributed by atoms with Gasteiger partial charge in [0.05, 0.1) is 0 Å². The van der Waals surface area contributed by atoms with Crippen LogP contribution in [0.1, 0.15) is 232 Å². The highest BCUT2D eigenvalue weighted by Gasteiger charge is 2.65. The van der Waals surface area contributed by atoms with Crippen LogP contribution in [0.4, 0.5) is 5.69 Å². The monoisotopic (exact) mass is 862 g/mol. The Balaban J connectivity index is 0.000000688. The molecule has 3 aromatic carbocycles. The van der Waals surface area contributed by atoms with Gasteiger partial charge in [-0.25, -0.2) is 22.9 Å². The highest BCUT2D eigenvalue weighted by molar-refractivity contribution is 7.40. The number of halogens is 3. The third-order valence-corrected chi connectivity index (χ3v) is 16.6. The summed E-state index contributed by atoms with van der Waals surface area (Å²) in [5.41, 5.74) is 11.0. The lowest BCUT2D eigenvalue weighted by molar-refractivity contribution is -0.458. The SMILES string of the molecule is CC(C)c1cccc(C(C)C)c1-c1cccc(-c2c(C(C)C)cccc2C(C)C)c1[N+]1=C[B-](C2CCCCC2)(C2CCCCC2)[Cl+][B-]1(Cl)Cl.CCCCC.CCCCC. The van der Waals surface area contributed by atoms with E-state index in [1.165, 1.54) is 153 Å². The maximum Gasteiger partial charge on any atom is 0.670 e. The van der Waals surface area contributed by atoms with Crippen LogP contribution in [-0.2, 0) is 0 Å². The second-order valence-corrected chi connectivity index (χ2v) is 23.2. The van der Waals surface area contributed by atoms with E-state index in [0.717, 1.165) is 0 Å². The second kappa shape index (κ2) is 23.7. The minimum Gasteiger partial charge on any atom is -0.367 e. The van der Waals surface area contributed by atoms with Gasteiger partial charge in [0.1, 0.15) is 0 Å². The van der Waals surface area contributed by atoms with Crippen molar-refractivity contribution in [2.75, 3.05) is 0 Å². The van der Waals surface area contributed by atoms with Gasteiger partial charge in [0.25, 0.3) is 0 Å². The van der Waals surface area contributed by atoms with Gasteiger partial charge in [0.15, 0.2) is 5.69 Å². The van der Waals surface area contributed by atoms with Crippen molar-refractivity contribution in [1.82, 2.24) is 0 Å². The van der Waals surface area contributed by atoms with Crippen molar-refractivity contribution >= 4 is 44.8 Å². The Labute approximate surface area is 377 Å². The second-order valence-electron chi connectivity index (χ2n) is 19.6. The number of benzene rings is 3. The van der Waals surface area contributed by atoms with Crippen molar-refractivity contribution in [2.24, 2.45) is 0 Å². The van der Waals surface area contributed by atoms with E-state index >= 15 is 0 Å². The van der Waals surface area contributed by atoms with Crippen molar-refractivity contribution in [2.45, 2.75) is 221 Å². The van der Waals surface area contributed by atoms with Gasteiger partial charge in [-0.3, -0.25) is 10.5 Å². The molecule has 2 fully saturated rings. The maximum absolute atomic E-state index is 7.90. The van der Waals surface area contributed by atoms with E-state index in [1.54, 1.807) is 0 Å². The molecule has 0 saturated heterocycles. The molecule has 0 amide bonds. The molecule has 0 unspecified atom stereocenters. The molecule has 3 aromatic rings. The lowest BCUT2D eigenvalue weighted by Crippen LogP contribution is -2.50. The molecule has 1 nitrogen and oxygen atoms in total. The van der Waals surface area contributed by atoms with Gasteiger partial charge in [-0.15, -0.1) is 11.6 Å². The van der Waals surface area contributed by atoms with Gasteiger partial charge < -0.3 is 4.49 Å². The van der Waals surface area contributed by atoms with Crippen LogP contribution in [0.2, 0.25) is 11.6 Å². The number of hydrogen-bond acceptors (Lipinski definition) is 0. The van der Waals surface area contributed by atoms with Crippen LogP contribution in [0.25, 0.3) is 22.3 Å². The van der Waals surface area contributed by atoms with Gasteiger partial charge in [0.2, 0.25) is 0 Å². The summed E-state index contributed by atoms with van der Waals surface area (Å²) in [7, 11) is 2.73. The highest BCUT2D eigenvalue weighted by Crippen LogP contribution is 2.56. The van der Waals surface area contributed by atoms with Crippen LogP contribution in [0.15, 0.2) is 54.6 Å². The quantitative estimate of drug-likeness (QED) is 0.151. The first kappa shape index (κ1) is 50.0. The summed E-state index contributed by atoms with van der Waals surface area (Å²) in [6, 6.07) is 21.0. The average Bonchev–Trinajstić information content (AvgIpc) is 3.52. The molecule has 2 aliphatic carbocycles. The number of rotatable bonds is 13. The van der Waals surface area contributed by atoms with E-state index in [-0.39, 0.29) is 0 Å². The molecule has 6 rings (SSSR count). The lowest BCUT2D eigenvalue weighted by atomic mass is 9.29. The Bertz CT molecular complexity index is 1600. The predicted octanol–water partition coefficient (Wildman–Crippen LogP) is 18.8. The predicted molar refractivity (Wildman–Crippen MR) is 267 cm³/mol. The van der Waals surface area contributed by atoms with Gasteiger partial charge >= 0.3 is 10.1 Å². The van der Waals surface area contributed by atoms with Crippen molar-refractivity contribution in [3.8, 4) is 22.3 Å². The summed E-state index contributed by atoms with van der Waals surface area (Å²) in [5, 5.41) is 0. The largest absolute Gasteiger partial charge is 0.670 e. The van der Waals surface area contributed by atoms with Crippen molar-refractivity contribution < 1.29 is 15.0 Å². The van der Waals surface area contributed by atoms with Crippen LogP contribution in [-0.4, -0.2) is 20.7 Å². The van der Waals surface area contributed by atoms with E-state index in [0.29, 0.717) is 35.3 Å². The van der Waals surface area contributed by atoms with Gasteiger partial charge in [0, 0.05) is 17.2 Å². The zero-order chi connectivity index (χ0) is 43.3. The van der Waals surface area contributed by atoms with Crippen LogP contribution in [0.5, 0.6) is 0 Å². The number of hydrogen-bond donors (Lipinski definition) is 0. The molecule has 6 heteroatoms. The van der Waals surface area contributed by atoms with E-state index in [1.807, 2.05) is 0 Å². The molecule has 0 spiro atoms. The topological polar surface area (TPSA) is 3.01 Å². The van der Waals surface area contributed by atoms with Gasteiger partial charge in [-0.05, 0) is 69.2 Å². The van der Waals surface area contributed by atoms with Crippen molar-refractivity contribution in [3.63, 3.8) is 0 Å². The first-order chi connectivity index (χ1) is 28.2. The van der Waals surface area contributed by atoms with Crippen LogP contribution in [0.3, 0.4) is 0 Å². The van der Waals surface area contributed by atoms with E-state index in [4.69, 9.17) is 22.9 Å². The first-order valence-electron chi connectivity index (χ1n) is 24.6. The molecule has 59 heavy (non-hydrogen) atoms. The number of para-hydroxylation sites is 1. The molecule has 0 N–H and O–H groups in total. The van der Waals surface area contributed by atoms with Gasteiger partial charge in [-0.1, -0.05) is 228 Å². The molecule has 3 aliphatic rings. The minimum absolute atomic E-state index is 0.377. The first-order valence-corrected chi connectivity index (χ1v) is 26.3. The summed E-state index contributed by atoms with van der Waals surface area (Å²) in [6.07, 6.45) is 24.0. The van der Waals surface area contributed by atoms with Crippen LogP contribution in [0, 0.1) is 10.5 Å². The molecule has 2 saturated carbocycles. The van der Waals surface area contributed by atoms with E-state index in [9.17, 15) is 0 Å². The fraction of sp³-hybridized carbons (Fsp3) is 0.642. The number of unbranched alkanes of at least 4 members (excludes halogenated alkanes) is 4. The van der Waals surface area contributed by atoms with Gasteiger partial charge in [-0.2, -0.15) is 0 Å². The Kier molecular flexibility index (Phi) is 20.1. The molecule has 328 valence electrons. The smallest absolute Gasteiger partial charge is 0.367 e. The summed E-state index contributed by atoms with van der Waals surface area (Å²) in [5.74, 6) is 2.80. The Morgan fingerprint density at radius 1 is 0.525 bits per heavy atom. The Morgan fingerprint density at radius 2 is 0.847 bits per heavy atom. The zero-order valence-corrected chi connectivity index (χ0v) is 42.1. The maximum atomic E-state index is 7.90.